The molecule has 1 aliphatic rings. The van der Waals surface area contributed by atoms with Gasteiger partial charge in [0.15, 0.2) is 0 Å². The van der Waals surface area contributed by atoms with Crippen LogP contribution >= 0.6 is 11.8 Å². The number of nitrogens with zero attached hydrogens (tertiary/aromatic N) is 2. The van der Waals surface area contributed by atoms with Crippen molar-refractivity contribution in [2.45, 2.75) is 24.6 Å². The highest BCUT2D eigenvalue weighted by Gasteiger charge is 2.25. The second kappa shape index (κ2) is 9.04. The molecule has 2 heterocycles. The Morgan fingerprint density at radius 3 is 2.60 bits per heavy atom. The first kappa shape index (κ1) is 20.0. The molecular formula is C22H22N4O3S. The molecule has 0 saturated carbocycles. The van der Waals surface area contributed by atoms with Gasteiger partial charge in [-0.05, 0) is 29.8 Å². The van der Waals surface area contributed by atoms with E-state index in [1.54, 1.807) is 35.7 Å². The van der Waals surface area contributed by atoms with E-state index >= 15 is 0 Å². The number of rotatable bonds is 7. The van der Waals surface area contributed by atoms with E-state index in [0.29, 0.717) is 17.9 Å². The summed E-state index contributed by atoms with van der Waals surface area (Å²) in [6.07, 6.45) is 0. The highest BCUT2D eigenvalue weighted by Crippen LogP contribution is 2.34. The van der Waals surface area contributed by atoms with Crippen LogP contribution in [0, 0.1) is 0 Å². The maximum absolute atomic E-state index is 12.6. The minimum Gasteiger partial charge on any atom is -0.497 e. The zero-order valence-corrected chi connectivity index (χ0v) is 17.4. The van der Waals surface area contributed by atoms with E-state index < -0.39 is 0 Å². The zero-order chi connectivity index (χ0) is 20.9. The summed E-state index contributed by atoms with van der Waals surface area (Å²) in [5.41, 5.74) is 3.45. The molecule has 0 aliphatic carbocycles. The minimum atomic E-state index is -0.213. The van der Waals surface area contributed by atoms with E-state index in [1.807, 2.05) is 42.5 Å². The summed E-state index contributed by atoms with van der Waals surface area (Å²) < 4.78 is 6.74. The molecule has 30 heavy (non-hydrogen) atoms. The summed E-state index contributed by atoms with van der Waals surface area (Å²) >= 11 is 1.75. The van der Waals surface area contributed by atoms with Crippen molar-refractivity contribution >= 4 is 29.4 Å². The number of methoxy groups -OCH3 is 1. The van der Waals surface area contributed by atoms with Crippen molar-refractivity contribution in [2.24, 2.45) is 0 Å². The van der Waals surface area contributed by atoms with Crippen molar-refractivity contribution < 1.29 is 14.3 Å². The summed E-state index contributed by atoms with van der Waals surface area (Å²) in [5, 5.41) is 10.4. The van der Waals surface area contributed by atoms with Crippen LogP contribution in [-0.2, 0) is 29.4 Å². The molecule has 2 aromatic carbocycles. The van der Waals surface area contributed by atoms with Crippen LogP contribution in [0.25, 0.3) is 0 Å². The summed E-state index contributed by atoms with van der Waals surface area (Å²) in [7, 11) is 1.62. The van der Waals surface area contributed by atoms with Gasteiger partial charge in [-0.2, -0.15) is 16.9 Å². The normalized spacial score (nSPS) is 12.3. The number of aromatic nitrogens is 2. The quantitative estimate of drug-likeness (QED) is 0.611. The fraction of sp³-hybridized carbons (Fsp3) is 0.227. The Kier molecular flexibility index (Phi) is 6.04. The van der Waals surface area contributed by atoms with Gasteiger partial charge in [0.25, 0.3) is 5.91 Å². The number of benzene rings is 2. The molecular weight excluding hydrogens is 400 g/mol. The minimum absolute atomic E-state index is 0.0399. The molecule has 2 N–H and O–H groups in total. The Morgan fingerprint density at radius 1 is 1.10 bits per heavy atom. The molecule has 1 aromatic heterocycles. The molecule has 0 saturated heterocycles. The van der Waals surface area contributed by atoms with Gasteiger partial charge in [-0.3, -0.25) is 9.59 Å². The highest BCUT2D eigenvalue weighted by molar-refractivity contribution is 7.98. The van der Waals surface area contributed by atoms with Crippen LogP contribution in [0.1, 0.15) is 27.2 Å². The van der Waals surface area contributed by atoms with E-state index in [4.69, 9.17) is 4.74 Å². The van der Waals surface area contributed by atoms with Crippen molar-refractivity contribution in [1.29, 1.82) is 0 Å². The number of anilines is 1. The fourth-order valence-electron chi connectivity index (χ4n) is 3.23. The van der Waals surface area contributed by atoms with E-state index in [9.17, 15) is 9.59 Å². The number of hydrogen-bond acceptors (Lipinski definition) is 5. The molecule has 3 aromatic rings. The molecule has 7 nitrogen and oxygen atoms in total. The summed E-state index contributed by atoms with van der Waals surface area (Å²) in [6, 6.07) is 16.5. The number of carbonyl (C=O) groups excluding carboxylic acids is 2. The van der Waals surface area contributed by atoms with Gasteiger partial charge in [0, 0.05) is 29.2 Å². The monoisotopic (exact) mass is 422 g/mol. The van der Waals surface area contributed by atoms with Gasteiger partial charge in [0.1, 0.15) is 18.1 Å². The molecule has 0 bridgehead atoms. The SMILES string of the molecule is COc1ccc(CNC(=O)Cn2nc3c(c2NC(=O)c2ccccc2)CSC3)cc1. The lowest BCUT2D eigenvalue weighted by molar-refractivity contribution is -0.122. The van der Waals surface area contributed by atoms with Gasteiger partial charge in [-0.1, -0.05) is 30.3 Å². The third-order valence-electron chi connectivity index (χ3n) is 4.83. The van der Waals surface area contributed by atoms with Crippen LogP contribution in [0.2, 0.25) is 0 Å². The lowest BCUT2D eigenvalue weighted by Crippen LogP contribution is -2.28. The molecule has 8 heteroatoms. The second-order valence-corrected chi connectivity index (χ2v) is 7.85. The maximum Gasteiger partial charge on any atom is 0.256 e. The maximum atomic E-state index is 12.6. The molecule has 0 spiro atoms. The van der Waals surface area contributed by atoms with Gasteiger partial charge < -0.3 is 15.4 Å². The van der Waals surface area contributed by atoms with Crippen molar-refractivity contribution in [2.75, 3.05) is 12.4 Å². The topological polar surface area (TPSA) is 85.2 Å². The van der Waals surface area contributed by atoms with Crippen LogP contribution in [0.5, 0.6) is 5.75 Å². The lowest BCUT2D eigenvalue weighted by atomic mass is 10.2. The van der Waals surface area contributed by atoms with Crippen LogP contribution in [0.15, 0.2) is 54.6 Å². The molecule has 4 rings (SSSR count). The molecule has 0 unspecified atom stereocenters. The third kappa shape index (κ3) is 4.49. The molecule has 0 radical (unpaired) electrons. The molecule has 2 amide bonds. The Hall–Kier alpha value is -3.26. The highest BCUT2D eigenvalue weighted by atomic mass is 32.2. The average molecular weight is 423 g/mol. The standard InChI is InChI=1S/C22H22N4O3S/c1-29-17-9-7-15(8-10-17)11-23-20(27)12-26-21(18-13-30-14-19(18)25-26)24-22(28)16-5-3-2-4-6-16/h2-10H,11-14H2,1H3,(H,23,27)(H,24,28). The average Bonchev–Trinajstić information content (AvgIpc) is 3.35. The number of amides is 2. The first-order valence-electron chi connectivity index (χ1n) is 9.56. The number of hydrogen-bond donors (Lipinski definition) is 2. The largest absolute Gasteiger partial charge is 0.497 e. The molecule has 154 valence electrons. The third-order valence-corrected chi connectivity index (χ3v) is 5.80. The number of ether oxygens (including phenoxy) is 1. The Morgan fingerprint density at radius 2 is 1.87 bits per heavy atom. The lowest BCUT2D eigenvalue weighted by Gasteiger charge is -2.12. The van der Waals surface area contributed by atoms with Crippen molar-refractivity contribution in [3.05, 3.63) is 77.0 Å². The van der Waals surface area contributed by atoms with Gasteiger partial charge in [0.2, 0.25) is 5.91 Å². The number of fused-ring (bicyclic) bond motifs is 1. The first-order chi connectivity index (χ1) is 14.6. The van der Waals surface area contributed by atoms with Gasteiger partial charge >= 0.3 is 0 Å². The van der Waals surface area contributed by atoms with Gasteiger partial charge in [-0.25, -0.2) is 4.68 Å². The smallest absolute Gasteiger partial charge is 0.256 e. The van der Waals surface area contributed by atoms with E-state index in [0.717, 1.165) is 34.1 Å². The molecule has 1 aliphatic heterocycles. The van der Waals surface area contributed by atoms with Crippen LogP contribution < -0.4 is 15.4 Å². The van der Waals surface area contributed by atoms with E-state index in [2.05, 4.69) is 15.7 Å². The molecule has 0 atom stereocenters. The molecule has 0 fully saturated rings. The summed E-state index contributed by atoms with van der Waals surface area (Å²) in [6.45, 7) is 0.448. The van der Waals surface area contributed by atoms with Gasteiger partial charge in [-0.15, -0.1) is 0 Å². The predicted octanol–water partition coefficient (Wildman–Crippen LogP) is 3.21. The van der Waals surface area contributed by atoms with Crippen molar-refractivity contribution in [3.63, 3.8) is 0 Å². The van der Waals surface area contributed by atoms with Crippen molar-refractivity contribution in [3.8, 4) is 5.75 Å². The second-order valence-electron chi connectivity index (χ2n) is 6.87. The summed E-state index contributed by atoms with van der Waals surface area (Å²) in [4.78, 5) is 25.2. The Labute approximate surface area is 178 Å². The number of thioether (sulfide) groups is 1. The number of nitrogens with one attached hydrogen (secondary N) is 2. The van der Waals surface area contributed by atoms with E-state index in [-0.39, 0.29) is 18.4 Å². The van der Waals surface area contributed by atoms with Gasteiger partial charge in [0.05, 0.1) is 12.8 Å². The van der Waals surface area contributed by atoms with Crippen LogP contribution in [-0.4, -0.2) is 28.7 Å². The van der Waals surface area contributed by atoms with Crippen LogP contribution in [0.3, 0.4) is 0 Å². The number of carbonyl (C=O) groups is 2. The Balaban J connectivity index is 1.44. The van der Waals surface area contributed by atoms with Crippen molar-refractivity contribution in [1.82, 2.24) is 15.1 Å². The zero-order valence-electron chi connectivity index (χ0n) is 16.6. The Bertz CT molecular complexity index is 1050. The predicted molar refractivity (Wildman–Crippen MR) is 116 cm³/mol. The first-order valence-corrected chi connectivity index (χ1v) is 10.7. The fourth-order valence-corrected chi connectivity index (χ4v) is 4.26. The summed E-state index contributed by atoms with van der Waals surface area (Å²) in [5.74, 6) is 2.54. The van der Waals surface area contributed by atoms with E-state index in [1.165, 1.54) is 0 Å². The van der Waals surface area contributed by atoms with Crippen LogP contribution in [0.4, 0.5) is 5.82 Å².